The number of rotatable bonds is 5. The van der Waals surface area contributed by atoms with Gasteiger partial charge >= 0.3 is 0 Å². The molecule has 0 aromatic heterocycles. The summed E-state index contributed by atoms with van der Waals surface area (Å²) < 4.78 is 0. The van der Waals surface area contributed by atoms with Crippen molar-refractivity contribution in [2.45, 2.75) is 39.5 Å². The summed E-state index contributed by atoms with van der Waals surface area (Å²) in [5.74, 6) is 2.03. The number of likely N-dealkylation sites (tertiary alicyclic amines) is 1. The van der Waals surface area contributed by atoms with E-state index in [1.807, 2.05) is 0 Å². The van der Waals surface area contributed by atoms with Crippen LogP contribution in [0.25, 0.3) is 0 Å². The topological polar surface area (TPSA) is 53.1 Å². The fourth-order valence-electron chi connectivity index (χ4n) is 2.63. The van der Waals surface area contributed by atoms with E-state index in [0.717, 1.165) is 24.7 Å². The second-order valence-electron chi connectivity index (χ2n) is 5.19. The highest BCUT2D eigenvalue weighted by Gasteiger charge is 2.20. The molecule has 0 aliphatic carbocycles. The van der Waals surface area contributed by atoms with Gasteiger partial charge in [-0.05, 0) is 37.6 Å². The predicted octanol–water partition coefficient (Wildman–Crippen LogP) is 2.07. The van der Waals surface area contributed by atoms with Gasteiger partial charge in [0.05, 0.1) is 5.84 Å². The predicted molar refractivity (Wildman–Crippen MR) is 65.2 cm³/mol. The van der Waals surface area contributed by atoms with Crippen LogP contribution in [0.5, 0.6) is 0 Å². The Morgan fingerprint density at radius 3 is 2.40 bits per heavy atom. The number of nitrogens with zero attached hydrogens (tertiary/aromatic N) is 1. The summed E-state index contributed by atoms with van der Waals surface area (Å²) in [6.07, 6.45) is 4.39. The van der Waals surface area contributed by atoms with Crippen molar-refractivity contribution in [2.75, 3.05) is 19.6 Å². The molecule has 1 aliphatic heterocycles. The Morgan fingerprint density at radius 1 is 1.27 bits per heavy atom. The minimum Gasteiger partial charge on any atom is -0.388 e. The zero-order chi connectivity index (χ0) is 11.3. The average molecular weight is 211 g/mol. The van der Waals surface area contributed by atoms with Crippen molar-refractivity contribution in [3.05, 3.63) is 0 Å². The molecule has 15 heavy (non-hydrogen) atoms. The van der Waals surface area contributed by atoms with Crippen molar-refractivity contribution in [3.8, 4) is 0 Å². The molecule has 1 fully saturated rings. The van der Waals surface area contributed by atoms with E-state index in [1.54, 1.807) is 0 Å². The van der Waals surface area contributed by atoms with Gasteiger partial charge in [0, 0.05) is 19.5 Å². The zero-order valence-corrected chi connectivity index (χ0v) is 10.1. The van der Waals surface area contributed by atoms with Gasteiger partial charge in [0.25, 0.3) is 0 Å². The number of nitrogens with one attached hydrogen (secondary N) is 1. The van der Waals surface area contributed by atoms with Crippen LogP contribution in [0.4, 0.5) is 0 Å². The van der Waals surface area contributed by atoms with Crippen molar-refractivity contribution in [2.24, 2.45) is 17.6 Å². The van der Waals surface area contributed by atoms with E-state index < -0.39 is 0 Å². The molecule has 0 aromatic carbocycles. The van der Waals surface area contributed by atoms with Crippen LogP contribution in [-0.2, 0) is 0 Å². The standard InChI is InChI=1S/C12H25N3/c1-10-7-11(2)9-15(8-10)6-4-3-5-12(13)14/h10-11H,3-9H2,1-2H3,(H3,13,14). The Hall–Kier alpha value is -0.570. The number of piperidine rings is 1. The van der Waals surface area contributed by atoms with Crippen LogP contribution < -0.4 is 5.73 Å². The molecule has 1 heterocycles. The smallest absolute Gasteiger partial charge is 0.0905 e. The molecule has 0 bridgehead atoms. The first-order valence-corrected chi connectivity index (χ1v) is 6.13. The Kier molecular flexibility index (Phi) is 5.09. The van der Waals surface area contributed by atoms with Crippen LogP contribution in [0, 0.1) is 17.2 Å². The lowest BCUT2D eigenvalue weighted by atomic mass is 9.92. The fourth-order valence-corrected chi connectivity index (χ4v) is 2.63. The first-order valence-electron chi connectivity index (χ1n) is 6.13. The third-order valence-corrected chi connectivity index (χ3v) is 3.11. The molecule has 3 N–H and O–H groups in total. The molecule has 0 radical (unpaired) electrons. The Morgan fingerprint density at radius 2 is 1.87 bits per heavy atom. The van der Waals surface area contributed by atoms with E-state index in [1.165, 1.54) is 32.5 Å². The summed E-state index contributed by atoms with van der Waals surface area (Å²) in [5, 5.41) is 7.15. The third kappa shape index (κ3) is 5.17. The summed E-state index contributed by atoms with van der Waals surface area (Å²) in [7, 11) is 0. The minimum atomic E-state index is 0.329. The number of hydrogen-bond acceptors (Lipinski definition) is 2. The average Bonchev–Trinajstić information content (AvgIpc) is 2.10. The summed E-state index contributed by atoms with van der Waals surface area (Å²) in [4.78, 5) is 2.57. The quantitative estimate of drug-likeness (QED) is 0.415. The lowest BCUT2D eigenvalue weighted by Crippen LogP contribution is -2.39. The van der Waals surface area contributed by atoms with Crippen LogP contribution in [0.15, 0.2) is 0 Å². The molecular formula is C12H25N3. The van der Waals surface area contributed by atoms with Gasteiger partial charge in [-0.25, -0.2) is 0 Å². The molecule has 0 spiro atoms. The maximum absolute atomic E-state index is 7.15. The number of amidine groups is 1. The Balaban J connectivity index is 2.12. The molecule has 3 nitrogen and oxygen atoms in total. The largest absolute Gasteiger partial charge is 0.388 e. The molecule has 3 heteroatoms. The second kappa shape index (κ2) is 6.11. The number of nitrogens with two attached hydrogens (primary N) is 1. The summed E-state index contributed by atoms with van der Waals surface area (Å²) in [5.41, 5.74) is 5.33. The molecular weight excluding hydrogens is 186 g/mol. The first-order chi connectivity index (χ1) is 7.08. The molecule has 2 atom stereocenters. The van der Waals surface area contributed by atoms with Gasteiger partial charge in [0.1, 0.15) is 0 Å². The van der Waals surface area contributed by atoms with Crippen LogP contribution in [-0.4, -0.2) is 30.4 Å². The lowest BCUT2D eigenvalue weighted by Gasteiger charge is -2.34. The molecule has 0 aromatic rings. The number of hydrogen-bond donors (Lipinski definition) is 2. The SMILES string of the molecule is CC1CC(C)CN(CCCCC(=N)N)C1. The molecule has 2 unspecified atom stereocenters. The van der Waals surface area contributed by atoms with Crippen molar-refractivity contribution in [1.29, 1.82) is 5.41 Å². The van der Waals surface area contributed by atoms with Gasteiger partial charge < -0.3 is 10.6 Å². The highest BCUT2D eigenvalue weighted by atomic mass is 15.1. The van der Waals surface area contributed by atoms with Gasteiger partial charge in [-0.15, -0.1) is 0 Å². The van der Waals surface area contributed by atoms with Gasteiger partial charge in [-0.3, -0.25) is 5.41 Å². The van der Waals surface area contributed by atoms with Gasteiger partial charge in [-0.1, -0.05) is 13.8 Å². The Labute approximate surface area is 93.5 Å². The normalized spacial score (nSPS) is 27.9. The molecule has 0 amide bonds. The summed E-state index contributed by atoms with van der Waals surface area (Å²) in [6, 6.07) is 0. The van der Waals surface area contributed by atoms with E-state index in [4.69, 9.17) is 11.1 Å². The van der Waals surface area contributed by atoms with Crippen LogP contribution in [0.1, 0.15) is 39.5 Å². The van der Waals surface area contributed by atoms with Crippen LogP contribution in [0.2, 0.25) is 0 Å². The molecule has 88 valence electrons. The van der Waals surface area contributed by atoms with Gasteiger partial charge in [-0.2, -0.15) is 0 Å². The third-order valence-electron chi connectivity index (χ3n) is 3.11. The maximum Gasteiger partial charge on any atom is 0.0905 e. The van der Waals surface area contributed by atoms with E-state index in [9.17, 15) is 0 Å². The first kappa shape index (κ1) is 12.5. The summed E-state index contributed by atoms with van der Waals surface area (Å²) >= 11 is 0. The zero-order valence-electron chi connectivity index (χ0n) is 10.1. The lowest BCUT2D eigenvalue weighted by molar-refractivity contribution is 0.139. The van der Waals surface area contributed by atoms with Gasteiger partial charge in [0.2, 0.25) is 0 Å². The van der Waals surface area contributed by atoms with E-state index in [2.05, 4.69) is 18.7 Å². The minimum absolute atomic E-state index is 0.329. The highest BCUT2D eigenvalue weighted by molar-refractivity contribution is 5.76. The Bertz CT molecular complexity index is 193. The van der Waals surface area contributed by atoms with E-state index >= 15 is 0 Å². The van der Waals surface area contributed by atoms with Gasteiger partial charge in [0.15, 0.2) is 0 Å². The number of unbranched alkanes of at least 4 members (excludes halogenated alkanes) is 1. The molecule has 1 aliphatic rings. The van der Waals surface area contributed by atoms with Crippen molar-refractivity contribution in [1.82, 2.24) is 4.90 Å². The molecule has 0 saturated carbocycles. The fraction of sp³-hybridized carbons (Fsp3) is 0.917. The van der Waals surface area contributed by atoms with Crippen molar-refractivity contribution >= 4 is 5.84 Å². The van der Waals surface area contributed by atoms with Crippen LogP contribution >= 0.6 is 0 Å². The maximum atomic E-state index is 7.15. The van der Waals surface area contributed by atoms with E-state index in [-0.39, 0.29) is 0 Å². The van der Waals surface area contributed by atoms with Crippen LogP contribution in [0.3, 0.4) is 0 Å². The van der Waals surface area contributed by atoms with Crippen molar-refractivity contribution < 1.29 is 0 Å². The summed E-state index contributed by atoms with van der Waals surface area (Å²) in [6.45, 7) is 8.38. The van der Waals surface area contributed by atoms with E-state index in [0.29, 0.717) is 5.84 Å². The van der Waals surface area contributed by atoms with Crippen molar-refractivity contribution in [3.63, 3.8) is 0 Å². The molecule has 1 rings (SSSR count). The monoisotopic (exact) mass is 211 g/mol. The second-order valence-corrected chi connectivity index (χ2v) is 5.19. The molecule has 1 saturated heterocycles. The highest BCUT2D eigenvalue weighted by Crippen LogP contribution is 2.21.